The molecule has 1 unspecified atom stereocenters. The highest BCUT2D eigenvalue weighted by Crippen LogP contribution is 2.33. The molecule has 38 heavy (non-hydrogen) atoms. The molecule has 0 saturated heterocycles. The van der Waals surface area contributed by atoms with Crippen molar-refractivity contribution in [1.29, 1.82) is 0 Å². The molecule has 1 aliphatic rings. The second-order valence-corrected chi connectivity index (χ2v) is 11.7. The molecular weight excluding hydrogens is 551 g/mol. The summed E-state index contributed by atoms with van der Waals surface area (Å²) >= 11 is 12.4. The number of carbonyl (C=O) groups excluding carboxylic acids is 2. The molecule has 2 aromatic carbocycles. The van der Waals surface area contributed by atoms with E-state index < -0.39 is 34.6 Å². The third-order valence-electron chi connectivity index (χ3n) is 6.16. The average Bonchev–Trinajstić information content (AvgIpc) is 2.87. The van der Waals surface area contributed by atoms with Crippen molar-refractivity contribution in [2.24, 2.45) is 5.73 Å². The molecule has 0 fully saturated rings. The van der Waals surface area contributed by atoms with Crippen molar-refractivity contribution in [2.45, 2.75) is 36.7 Å². The second kappa shape index (κ2) is 11.4. The predicted molar refractivity (Wildman–Crippen MR) is 145 cm³/mol. The van der Waals surface area contributed by atoms with Crippen LogP contribution in [0.4, 0.5) is 5.69 Å². The summed E-state index contributed by atoms with van der Waals surface area (Å²) in [6.45, 7) is 1.14. The number of sulfonamides is 1. The van der Waals surface area contributed by atoms with E-state index in [4.69, 9.17) is 28.9 Å². The van der Waals surface area contributed by atoms with Crippen LogP contribution in [-0.4, -0.2) is 55.4 Å². The van der Waals surface area contributed by atoms with Crippen LogP contribution in [0.25, 0.3) is 0 Å². The summed E-state index contributed by atoms with van der Waals surface area (Å²) in [7, 11) is -4.07. The number of anilines is 1. The maximum atomic E-state index is 13.8. The van der Waals surface area contributed by atoms with Gasteiger partial charge in [0.25, 0.3) is 10.0 Å². The number of nitrogens with one attached hydrogen (secondary N) is 1. The largest absolute Gasteiger partial charge is 0.394 e. The van der Waals surface area contributed by atoms with Gasteiger partial charge in [-0.05, 0) is 48.4 Å². The molecule has 2 atom stereocenters. The van der Waals surface area contributed by atoms with E-state index in [0.717, 1.165) is 5.56 Å². The Kier molecular flexibility index (Phi) is 8.39. The number of amides is 1. The van der Waals surface area contributed by atoms with Crippen LogP contribution < -0.4 is 15.4 Å². The van der Waals surface area contributed by atoms with Crippen molar-refractivity contribution in [3.05, 3.63) is 87.2 Å². The highest BCUT2D eigenvalue weighted by Gasteiger charge is 2.35. The van der Waals surface area contributed by atoms with Gasteiger partial charge in [-0.3, -0.25) is 18.9 Å². The van der Waals surface area contributed by atoms with Crippen molar-refractivity contribution in [1.82, 2.24) is 10.3 Å². The van der Waals surface area contributed by atoms with Gasteiger partial charge in [0.2, 0.25) is 5.91 Å². The van der Waals surface area contributed by atoms with E-state index in [9.17, 15) is 23.1 Å². The Balaban J connectivity index is 1.72. The Labute approximate surface area is 230 Å². The third-order valence-corrected chi connectivity index (χ3v) is 8.57. The Hall–Kier alpha value is -3.02. The molecule has 4 N–H and O–H groups in total. The van der Waals surface area contributed by atoms with Gasteiger partial charge in [-0.1, -0.05) is 41.4 Å². The highest BCUT2D eigenvalue weighted by molar-refractivity contribution is 7.92. The molecule has 0 radical (unpaired) electrons. The Morgan fingerprint density at radius 3 is 2.53 bits per heavy atom. The first-order chi connectivity index (χ1) is 18.0. The standard InChI is InChI=1S/C26H26Cl2N4O5S/c1-15-4-2-5-18(8-15)38(36,37)32-13-17(31-26(35)21(29)14-33)11-22-23(32)9-16(12-30-22)10-24(34)25-19(27)6-3-7-20(25)28/h2-9,12,17,21,33H,10-11,13-14,29H2,1H3,(H,31,35)/t17?,21-/m1/s1. The molecule has 1 amide bonds. The SMILES string of the molecule is Cc1cccc(S(=O)(=O)N2CC(NC(=O)[C@H](N)CO)Cc3ncc(CC(=O)c4c(Cl)cccc4Cl)cc32)c1. The second-order valence-electron chi connectivity index (χ2n) is 9.06. The van der Waals surface area contributed by atoms with Gasteiger partial charge in [0.1, 0.15) is 6.04 Å². The first kappa shape index (κ1) is 28.0. The molecule has 0 bridgehead atoms. The zero-order valence-electron chi connectivity index (χ0n) is 20.4. The lowest BCUT2D eigenvalue weighted by Gasteiger charge is -2.35. The summed E-state index contributed by atoms with van der Waals surface area (Å²) in [6, 6.07) is 11.1. The van der Waals surface area contributed by atoms with E-state index in [0.29, 0.717) is 16.9 Å². The van der Waals surface area contributed by atoms with Crippen LogP contribution in [0.2, 0.25) is 10.0 Å². The molecule has 0 aliphatic carbocycles. The summed E-state index contributed by atoms with van der Waals surface area (Å²) in [5.41, 5.74) is 7.77. The topological polar surface area (TPSA) is 143 Å². The van der Waals surface area contributed by atoms with Crippen molar-refractivity contribution in [2.75, 3.05) is 17.5 Å². The number of carbonyl (C=O) groups is 2. The molecule has 0 spiro atoms. The smallest absolute Gasteiger partial charge is 0.264 e. The van der Waals surface area contributed by atoms with Gasteiger partial charge >= 0.3 is 0 Å². The lowest BCUT2D eigenvalue weighted by molar-refractivity contribution is -0.123. The number of nitrogens with two attached hydrogens (primary N) is 1. The van der Waals surface area contributed by atoms with E-state index in [1.165, 1.54) is 16.6 Å². The number of aliphatic hydroxyl groups excluding tert-OH is 1. The average molecular weight is 577 g/mol. The maximum Gasteiger partial charge on any atom is 0.264 e. The van der Waals surface area contributed by atoms with Crippen LogP contribution in [0.1, 0.15) is 27.2 Å². The number of nitrogens with zero attached hydrogens (tertiary/aromatic N) is 2. The van der Waals surface area contributed by atoms with Crippen LogP contribution >= 0.6 is 23.2 Å². The summed E-state index contributed by atoms with van der Waals surface area (Å²) in [6.07, 6.45) is 1.61. The molecule has 200 valence electrons. The van der Waals surface area contributed by atoms with Gasteiger partial charge in [-0.15, -0.1) is 0 Å². The number of hydrogen-bond donors (Lipinski definition) is 3. The van der Waals surface area contributed by atoms with Crippen LogP contribution in [0.3, 0.4) is 0 Å². The molecule has 4 rings (SSSR count). The summed E-state index contributed by atoms with van der Waals surface area (Å²) in [5.74, 6) is -0.943. The molecule has 1 aromatic heterocycles. The Morgan fingerprint density at radius 1 is 1.18 bits per heavy atom. The summed E-state index contributed by atoms with van der Waals surface area (Å²) < 4.78 is 28.8. The van der Waals surface area contributed by atoms with Crippen molar-refractivity contribution in [3.63, 3.8) is 0 Å². The number of aliphatic hydroxyl groups is 1. The predicted octanol–water partition coefficient (Wildman–Crippen LogP) is 2.68. The van der Waals surface area contributed by atoms with Crippen LogP contribution in [-0.2, 0) is 27.7 Å². The number of ketones is 1. The minimum Gasteiger partial charge on any atom is -0.394 e. The molecular formula is C26H26Cl2N4O5S. The minimum atomic E-state index is -4.07. The minimum absolute atomic E-state index is 0.0758. The zero-order chi connectivity index (χ0) is 27.6. The van der Waals surface area contributed by atoms with E-state index in [2.05, 4.69) is 10.3 Å². The number of benzene rings is 2. The van der Waals surface area contributed by atoms with Crippen LogP contribution in [0.5, 0.6) is 0 Å². The fourth-order valence-electron chi connectivity index (χ4n) is 4.25. The molecule has 2 heterocycles. The number of aromatic nitrogens is 1. The number of pyridine rings is 1. The molecule has 3 aromatic rings. The van der Waals surface area contributed by atoms with Gasteiger partial charge in [0.05, 0.1) is 51.1 Å². The quantitative estimate of drug-likeness (QED) is 0.350. The highest BCUT2D eigenvalue weighted by atomic mass is 35.5. The van der Waals surface area contributed by atoms with Gasteiger partial charge in [0.15, 0.2) is 5.78 Å². The lowest BCUT2D eigenvalue weighted by atomic mass is 10.00. The first-order valence-corrected chi connectivity index (χ1v) is 13.9. The summed E-state index contributed by atoms with van der Waals surface area (Å²) in [5, 5.41) is 12.4. The van der Waals surface area contributed by atoms with Gasteiger partial charge < -0.3 is 16.2 Å². The fraction of sp³-hybridized carbons (Fsp3) is 0.269. The van der Waals surface area contributed by atoms with Crippen molar-refractivity contribution >= 4 is 50.6 Å². The zero-order valence-corrected chi connectivity index (χ0v) is 22.7. The van der Waals surface area contributed by atoms with Gasteiger partial charge in [-0.25, -0.2) is 8.42 Å². The normalized spacial score (nSPS) is 16.0. The van der Waals surface area contributed by atoms with E-state index in [-0.39, 0.29) is 45.7 Å². The number of hydrogen-bond acceptors (Lipinski definition) is 7. The molecule has 9 nitrogen and oxygen atoms in total. The number of rotatable bonds is 8. The van der Waals surface area contributed by atoms with Crippen molar-refractivity contribution < 1.29 is 23.1 Å². The number of aryl methyl sites for hydroxylation is 1. The summed E-state index contributed by atoms with van der Waals surface area (Å²) in [4.78, 5) is 29.9. The van der Waals surface area contributed by atoms with Gasteiger partial charge in [-0.2, -0.15) is 0 Å². The molecule has 0 saturated carbocycles. The Bertz CT molecular complexity index is 1480. The third kappa shape index (κ3) is 5.84. The number of Topliss-reactive ketones (excluding diaryl/α,β-unsaturated/α-hetero) is 1. The lowest BCUT2D eigenvalue weighted by Crippen LogP contribution is -2.54. The van der Waals surface area contributed by atoms with Crippen LogP contribution in [0, 0.1) is 6.92 Å². The Morgan fingerprint density at radius 2 is 1.87 bits per heavy atom. The first-order valence-electron chi connectivity index (χ1n) is 11.7. The van der Waals surface area contributed by atoms with E-state index >= 15 is 0 Å². The monoisotopic (exact) mass is 576 g/mol. The van der Waals surface area contributed by atoms with E-state index in [1.54, 1.807) is 49.4 Å². The van der Waals surface area contributed by atoms with Gasteiger partial charge in [0, 0.05) is 19.0 Å². The molecule has 1 aliphatic heterocycles. The number of halogens is 2. The maximum absolute atomic E-state index is 13.8. The molecule has 12 heteroatoms. The number of fused-ring (bicyclic) bond motifs is 1. The van der Waals surface area contributed by atoms with Crippen LogP contribution in [0.15, 0.2) is 59.6 Å². The van der Waals surface area contributed by atoms with Crippen molar-refractivity contribution in [3.8, 4) is 0 Å². The van der Waals surface area contributed by atoms with E-state index in [1.807, 2.05) is 0 Å². The fourth-order valence-corrected chi connectivity index (χ4v) is 6.49.